The van der Waals surface area contributed by atoms with E-state index in [2.05, 4.69) is 9.89 Å². The monoisotopic (exact) mass is 286 g/mol. The first-order valence-corrected chi connectivity index (χ1v) is 5.59. The number of nitrogens with zero attached hydrogens (tertiary/aromatic N) is 2. The van der Waals surface area contributed by atoms with Gasteiger partial charge in [0.05, 0.1) is 12.0 Å². The maximum Gasteiger partial charge on any atom is 0.355 e. The Morgan fingerprint density at radius 3 is 2.79 bits per heavy atom. The number of carbonyl (C=O) groups excluding carboxylic acids is 1. The van der Waals surface area contributed by atoms with Crippen molar-refractivity contribution in [3.8, 4) is 0 Å². The van der Waals surface area contributed by atoms with Crippen molar-refractivity contribution in [3.05, 3.63) is 38.9 Å². The van der Waals surface area contributed by atoms with E-state index in [1.54, 1.807) is 0 Å². The molecule has 0 atom stereocenters. The number of oxime groups is 1. The largest absolute Gasteiger partial charge is 0.464 e. The number of esters is 1. The highest BCUT2D eigenvalue weighted by Gasteiger charge is 2.18. The van der Waals surface area contributed by atoms with Gasteiger partial charge in [0.2, 0.25) is 0 Å². The van der Waals surface area contributed by atoms with Crippen LogP contribution in [0, 0.1) is 10.1 Å². The summed E-state index contributed by atoms with van der Waals surface area (Å²) >= 11 is 5.68. The molecule has 1 aromatic rings. The van der Waals surface area contributed by atoms with Crippen LogP contribution in [-0.4, -0.2) is 28.9 Å². The molecule has 0 spiro atoms. The Morgan fingerprint density at radius 1 is 1.58 bits per heavy atom. The molecular weight excluding hydrogens is 276 g/mol. The van der Waals surface area contributed by atoms with Gasteiger partial charge in [0.15, 0.2) is 5.71 Å². The molecule has 1 rings (SSSR count). The number of methoxy groups -OCH3 is 1. The first kappa shape index (κ1) is 14.9. The van der Waals surface area contributed by atoms with Crippen LogP contribution in [-0.2, 0) is 16.0 Å². The van der Waals surface area contributed by atoms with E-state index in [1.165, 1.54) is 18.2 Å². The molecule has 1 N–H and O–H groups in total. The number of halogens is 1. The van der Waals surface area contributed by atoms with Crippen LogP contribution in [0.5, 0.6) is 0 Å². The number of hydrogen-bond donors (Lipinski definition) is 1. The number of aryl methyl sites for hydroxylation is 1. The van der Waals surface area contributed by atoms with Crippen LogP contribution in [0.15, 0.2) is 23.4 Å². The number of nitro benzene ring substituents is 1. The van der Waals surface area contributed by atoms with E-state index >= 15 is 0 Å². The van der Waals surface area contributed by atoms with Gasteiger partial charge in [0, 0.05) is 23.1 Å². The standard InChI is InChI=1S/C11H11ClN2O5/c1-19-11(15)9(13-16)5-3-7-2-4-8(12)6-10(7)14(17)18/h2,4,6,16H,3,5H2,1H3/b13-9+. The van der Waals surface area contributed by atoms with Crippen LogP contribution in [0.4, 0.5) is 5.69 Å². The fourth-order valence-electron chi connectivity index (χ4n) is 1.48. The van der Waals surface area contributed by atoms with Crippen LogP contribution in [0.2, 0.25) is 5.02 Å². The van der Waals surface area contributed by atoms with Crippen molar-refractivity contribution < 1.29 is 19.7 Å². The molecule has 19 heavy (non-hydrogen) atoms. The van der Waals surface area contributed by atoms with Crippen molar-refractivity contribution in [2.75, 3.05) is 7.11 Å². The van der Waals surface area contributed by atoms with E-state index in [1.807, 2.05) is 0 Å². The molecular formula is C11H11ClN2O5. The Morgan fingerprint density at radius 2 is 2.26 bits per heavy atom. The second-order valence-corrected chi connectivity index (χ2v) is 4.00. The second kappa shape index (κ2) is 6.69. The van der Waals surface area contributed by atoms with E-state index in [-0.39, 0.29) is 29.3 Å². The lowest BCUT2D eigenvalue weighted by molar-refractivity contribution is -0.385. The number of rotatable bonds is 5. The van der Waals surface area contributed by atoms with E-state index < -0.39 is 10.9 Å². The summed E-state index contributed by atoms with van der Waals surface area (Å²) in [7, 11) is 1.15. The van der Waals surface area contributed by atoms with E-state index in [4.69, 9.17) is 16.8 Å². The number of ether oxygens (including phenoxy) is 1. The molecule has 1 aromatic carbocycles. The minimum Gasteiger partial charge on any atom is -0.464 e. The van der Waals surface area contributed by atoms with Crippen LogP contribution in [0.1, 0.15) is 12.0 Å². The average Bonchev–Trinajstić information content (AvgIpc) is 2.40. The predicted molar refractivity (Wildman–Crippen MR) is 67.7 cm³/mol. The van der Waals surface area contributed by atoms with Crippen LogP contribution in [0.3, 0.4) is 0 Å². The molecule has 0 aliphatic heterocycles. The summed E-state index contributed by atoms with van der Waals surface area (Å²) < 4.78 is 4.40. The fourth-order valence-corrected chi connectivity index (χ4v) is 1.65. The molecule has 0 bridgehead atoms. The van der Waals surface area contributed by atoms with Crippen molar-refractivity contribution in [2.24, 2.45) is 5.16 Å². The highest BCUT2D eigenvalue weighted by atomic mass is 35.5. The summed E-state index contributed by atoms with van der Waals surface area (Å²) in [6, 6.07) is 4.23. The summed E-state index contributed by atoms with van der Waals surface area (Å²) in [4.78, 5) is 21.5. The lowest BCUT2D eigenvalue weighted by Gasteiger charge is -2.04. The summed E-state index contributed by atoms with van der Waals surface area (Å²) in [5.41, 5.74) is 0.0425. The van der Waals surface area contributed by atoms with Gasteiger partial charge in [-0.15, -0.1) is 0 Å². The van der Waals surface area contributed by atoms with Crippen LogP contribution >= 0.6 is 11.6 Å². The normalized spacial score (nSPS) is 11.2. The quantitative estimate of drug-likeness (QED) is 0.294. The maximum absolute atomic E-state index is 11.2. The van der Waals surface area contributed by atoms with Crippen molar-refractivity contribution in [1.82, 2.24) is 0 Å². The molecule has 0 fully saturated rings. The molecule has 0 unspecified atom stereocenters. The van der Waals surface area contributed by atoms with Gasteiger partial charge < -0.3 is 9.94 Å². The zero-order chi connectivity index (χ0) is 14.4. The minimum atomic E-state index is -0.779. The average molecular weight is 287 g/mol. The maximum atomic E-state index is 11.2. The van der Waals surface area contributed by atoms with Gasteiger partial charge >= 0.3 is 5.97 Å². The topological polar surface area (TPSA) is 102 Å². The molecule has 0 aliphatic rings. The molecule has 102 valence electrons. The van der Waals surface area contributed by atoms with Crippen molar-refractivity contribution in [2.45, 2.75) is 12.8 Å². The Kier molecular flexibility index (Phi) is 5.25. The van der Waals surface area contributed by atoms with Gasteiger partial charge in [-0.3, -0.25) is 10.1 Å². The molecule has 0 saturated carbocycles. The molecule has 0 aliphatic carbocycles. The van der Waals surface area contributed by atoms with E-state index in [0.29, 0.717) is 5.56 Å². The zero-order valence-electron chi connectivity index (χ0n) is 10.00. The van der Waals surface area contributed by atoms with Crippen molar-refractivity contribution in [3.63, 3.8) is 0 Å². The minimum absolute atomic E-state index is 0.0195. The molecule has 8 heteroatoms. The van der Waals surface area contributed by atoms with Gasteiger partial charge in [-0.25, -0.2) is 4.79 Å². The van der Waals surface area contributed by atoms with Gasteiger partial charge in [-0.05, 0) is 12.5 Å². The number of benzene rings is 1. The molecule has 0 radical (unpaired) electrons. The van der Waals surface area contributed by atoms with Crippen LogP contribution < -0.4 is 0 Å². The Bertz CT molecular complexity index is 530. The van der Waals surface area contributed by atoms with Gasteiger partial charge in [-0.2, -0.15) is 0 Å². The molecule has 0 saturated heterocycles. The highest BCUT2D eigenvalue weighted by molar-refractivity contribution is 6.36. The number of nitro groups is 1. The first-order valence-electron chi connectivity index (χ1n) is 5.21. The second-order valence-electron chi connectivity index (χ2n) is 3.57. The Labute approximate surface area is 113 Å². The highest BCUT2D eigenvalue weighted by Crippen LogP contribution is 2.24. The third-order valence-electron chi connectivity index (χ3n) is 2.42. The lowest BCUT2D eigenvalue weighted by Crippen LogP contribution is -2.16. The number of carbonyl (C=O) groups is 1. The SMILES string of the molecule is COC(=O)/C(CCc1ccc(Cl)cc1[N+](=O)[O-])=N/O. The van der Waals surface area contributed by atoms with Crippen molar-refractivity contribution >= 4 is 29.0 Å². The lowest BCUT2D eigenvalue weighted by atomic mass is 10.1. The Hall–Kier alpha value is -2.15. The molecule has 7 nitrogen and oxygen atoms in total. The summed E-state index contributed by atoms with van der Waals surface area (Å²) in [5, 5.41) is 22.6. The number of hydrogen-bond acceptors (Lipinski definition) is 6. The molecule has 0 amide bonds. The van der Waals surface area contributed by atoms with E-state index in [0.717, 1.165) is 7.11 Å². The third kappa shape index (κ3) is 3.92. The van der Waals surface area contributed by atoms with Crippen molar-refractivity contribution in [1.29, 1.82) is 0 Å². The van der Waals surface area contributed by atoms with Gasteiger partial charge in [0.25, 0.3) is 5.69 Å². The summed E-state index contributed by atoms with van der Waals surface area (Å²) in [5.74, 6) is -0.779. The van der Waals surface area contributed by atoms with Gasteiger partial charge in [-0.1, -0.05) is 22.8 Å². The first-order chi connectivity index (χ1) is 8.99. The third-order valence-corrected chi connectivity index (χ3v) is 2.65. The van der Waals surface area contributed by atoms with E-state index in [9.17, 15) is 14.9 Å². The van der Waals surface area contributed by atoms with Gasteiger partial charge in [0.1, 0.15) is 0 Å². The van der Waals surface area contributed by atoms with Crippen LogP contribution in [0.25, 0.3) is 0 Å². The summed E-state index contributed by atoms with van der Waals surface area (Å²) in [6.07, 6.45) is 0.174. The predicted octanol–water partition coefficient (Wildman–Crippen LogP) is 2.18. The Balaban J connectivity index is 2.89. The molecule has 0 heterocycles. The molecule has 0 aromatic heterocycles. The summed E-state index contributed by atoms with van der Waals surface area (Å²) in [6.45, 7) is 0. The fraction of sp³-hybridized carbons (Fsp3) is 0.273. The zero-order valence-corrected chi connectivity index (χ0v) is 10.8. The smallest absolute Gasteiger partial charge is 0.355 e.